The summed E-state index contributed by atoms with van der Waals surface area (Å²) in [5.74, 6) is 0.790. The number of nitrogens with one attached hydrogen (secondary N) is 1. The van der Waals surface area contributed by atoms with Gasteiger partial charge in [0.2, 0.25) is 0 Å². The van der Waals surface area contributed by atoms with Gasteiger partial charge >= 0.3 is 0 Å². The molecule has 0 unspecified atom stereocenters. The number of H-pyrrole nitrogens is 1. The summed E-state index contributed by atoms with van der Waals surface area (Å²) in [6.07, 6.45) is 4.81. The SMILES string of the molecule is CCc1ncc2c(n1)CN(C(=O)c1c(C)[nH]c3c1C(=O)CCC3)C2. The van der Waals surface area contributed by atoms with Crippen LogP contribution in [0.4, 0.5) is 0 Å². The summed E-state index contributed by atoms with van der Waals surface area (Å²) in [4.78, 5) is 39.3. The van der Waals surface area contributed by atoms with E-state index >= 15 is 0 Å². The third kappa shape index (κ3) is 2.25. The Morgan fingerprint density at radius 3 is 2.96 bits per heavy atom. The Morgan fingerprint density at radius 2 is 2.17 bits per heavy atom. The van der Waals surface area contributed by atoms with Crippen molar-refractivity contribution in [2.45, 2.75) is 52.6 Å². The van der Waals surface area contributed by atoms with Crippen molar-refractivity contribution in [3.8, 4) is 0 Å². The van der Waals surface area contributed by atoms with Crippen LogP contribution in [-0.4, -0.2) is 31.5 Å². The summed E-state index contributed by atoms with van der Waals surface area (Å²) in [7, 11) is 0. The van der Waals surface area contributed by atoms with Gasteiger partial charge in [-0.1, -0.05) is 6.92 Å². The Labute approximate surface area is 140 Å². The number of amides is 1. The third-order valence-electron chi connectivity index (χ3n) is 4.90. The van der Waals surface area contributed by atoms with Crippen LogP contribution in [0, 0.1) is 6.92 Å². The molecule has 0 aromatic carbocycles. The second-order valence-electron chi connectivity index (χ2n) is 6.53. The van der Waals surface area contributed by atoms with Crippen LogP contribution in [0.1, 0.15) is 69.0 Å². The number of carbonyl (C=O) groups excluding carboxylic acids is 2. The fraction of sp³-hybridized carbons (Fsp3) is 0.444. The van der Waals surface area contributed by atoms with Crippen LogP contribution in [0.25, 0.3) is 0 Å². The van der Waals surface area contributed by atoms with Crippen LogP contribution < -0.4 is 0 Å². The first-order valence-corrected chi connectivity index (χ1v) is 8.46. The van der Waals surface area contributed by atoms with E-state index in [0.717, 1.165) is 47.7 Å². The lowest BCUT2D eigenvalue weighted by molar-refractivity contribution is 0.0744. The van der Waals surface area contributed by atoms with Crippen molar-refractivity contribution in [1.82, 2.24) is 19.9 Å². The van der Waals surface area contributed by atoms with Gasteiger partial charge in [-0.3, -0.25) is 9.59 Å². The number of ketones is 1. The zero-order valence-electron chi connectivity index (χ0n) is 14.0. The monoisotopic (exact) mass is 324 g/mol. The second kappa shape index (κ2) is 5.54. The highest BCUT2D eigenvalue weighted by Crippen LogP contribution is 2.30. The van der Waals surface area contributed by atoms with E-state index in [1.54, 1.807) is 4.90 Å². The second-order valence-corrected chi connectivity index (χ2v) is 6.53. The minimum atomic E-state index is -0.0868. The Bertz CT molecular complexity index is 853. The van der Waals surface area contributed by atoms with E-state index in [1.807, 2.05) is 20.0 Å². The summed E-state index contributed by atoms with van der Waals surface area (Å²) in [6.45, 7) is 4.88. The summed E-state index contributed by atoms with van der Waals surface area (Å²) >= 11 is 0. The number of hydrogen-bond donors (Lipinski definition) is 1. The van der Waals surface area contributed by atoms with E-state index in [0.29, 0.717) is 30.6 Å². The molecule has 6 heteroatoms. The van der Waals surface area contributed by atoms with Crippen LogP contribution >= 0.6 is 0 Å². The van der Waals surface area contributed by atoms with Gasteiger partial charge in [-0.2, -0.15) is 0 Å². The zero-order chi connectivity index (χ0) is 16.8. The van der Waals surface area contributed by atoms with Gasteiger partial charge in [0.15, 0.2) is 5.78 Å². The molecule has 3 heterocycles. The van der Waals surface area contributed by atoms with Crippen molar-refractivity contribution >= 4 is 11.7 Å². The van der Waals surface area contributed by atoms with Crippen molar-refractivity contribution in [3.63, 3.8) is 0 Å². The number of rotatable bonds is 2. The molecule has 0 saturated carbocycles. The fourth-order valence-corrected chi connectivity index (χ4v) is 3.67. The maximum Gasteiger partial charge on any atom is 0.257 e. The van der Waals surface area contributed by atoms with Gasteiger partial charge in [-0.05, 0) is 19.8 Å². The normalized spacial score (nSPS) is 16.2. The minimum Gasteiger partial charge on any atom is -0.361 e. The van der Waals surface area contributed by atoms with Gasteiger partial charge < -0.3 is 9.88 Å². The summed E-state index contributed by atoms with van der Waals surface area (Å²) < 4.78 is 0. The van der Waals surface area contributed by atoms with E-state index in [-0.39, 0.29) is 11.7 Å². The van der Waals surface area contributed by atoms with E-state index in [4.69, 9.17) is 0 Å². The first-order valence-electron chi connectivity index (χ1n) is 8.46. The highest BCUT2D eigenvalue weighted by molar-refractivity contribution is 6.10. The number of Topliss-reactive ketones (excluding diaryl/α,β-unsaturated/α-hetero) is 1. The number of aryl methyl sites for hydroxylation is 3. The van der Waals surface area contributed by atoms with Crippen molar-refractivity contribution in [3.05, 3.63) is 45.8 Å². The van der Waals surface area contributed by atoms with Crippen molar-refractivity contribution < 1.29 is 9.59 Å². The Kier molecular flexibility index (Phi) is 3.48. The van der Waals surface area contributed by atoms with E-state index < -0.39 is 0 Å². The Morgan fingerprint density at radius 1 is 1.33 bits per heavy atom. The minimum absolute atomic E-state index is 0.0775. The Hall–Kier alpha value is -2.50. The molecule has 0 atom stereocenters. The lowest BCUT2D eigenvalue weighted by atomic mass is 9.93. The highest BCUT2D eigenvalue weighted by Gasteiger charge is 2.33. The average Bonchev–Trinajstić information content (AvgIpc) is 3.14. The number of carbonyl (C=O) groups is 2. The maximum atomic E-state index is 13.1. The molecule has 2 aliphatic rings. The molecule has 24 heavy (non-hydrogen) atoms. The van der Waals surface area contributed by atoms with E-state index in [9.17, 15) is 9.59 Å². The Balaban J connectivity index is 1.67. The van der Waals surface area contributed by atoms with Crippen LogP contribution in [0.15, 0.2) is 6.20 Å². The number of aromatic nitrogens is 3. The van der Waals surface area contributed by atoms with Gasteiger partial charge in [0.1, 0.15) is 5.82 Å². The lowest BCUT2D eigenvalue weighted by Crippen LogP contribution is -2.27. The molecule has 0 radical (unpaired) electrons. The van der Waals surface area contributed by atoms with E-state index in [2.05, 4.69) is 15.0 Å². The molecule has 4 rings (SSSR count). The number of aromatic amines is 1. The molecule has 1 aliphatic heterocycles. The molecule has 6 nitrogen and oxygen atoms in total. The van der Waals surface area contributed by atoms with Crippen molar-refractivity contribution in [1.29, 1.82) is 0 Å². The molecule has 1 aliphatic carbocycles. The molecule has 1 amide bonds. The smallest absolute Gasteiger partial charge is 0.257 e. The molecular formula is C18H20N4O2. The van der Waals surface area contributed by atoms with Gasteiger partial charge in [0.25, 0.3) is 5.91 Å². The van der Waals surface area contributed by atoms with Crippen molar-refractivity contribution in [2.24, 2.45) is 0 Å². The van der Waals surface area contributed by atoms with Crippen molar-refractivity contribution in [2.75, 3.05) is 0 Å². The average molecular weight is 324 g/mol. The molecular weight excluding hydrogens is 304 g/mol. The molecule has 0 bridgehead atoms. The van der Waals surface area contributed by atoms with Crippen LogP contribution in [0.2, 0.25) is 0 Å². The number of hydrogen-bond acceptors (Lipinski definition) is 4. The number of nitrogens with zero attached hydrogens (tertiary/aromatic N) is 3. The topological polar surface area (TPSA) is 79.0 Å². The highest BCUT2D eigenvalue weighted by atomic mass is 16.2. The first kappa shape index (κ1) is 15.1. The lowest BCUT2D eigenvalue weighted by Gasteiger charge is -2.17. The predicted molar refractivity (Wildman–Crippen MR) is 87.8 cm³/mol. The predicted octanol–water partition coefficient (Wildman–Crippen LogP) is 2.35. The standard InChI is InChI=1S/C18H20N4O2/c1-3-15-19-7-11-8-22(9-13(11)21-15)18(24)16-10(2)20-12-5-4-6-14(23)17(12)16/h7,20H,3-6,8-9H2,1-2H3. The molecule has 0 saturated heterocycles. The number of fused-ring (bicyclic) bond motifs is 2. The zero-order valence-corrected chi connectivity index (χ0v) is 14.0. The molecule has 2 aromatic heterocycles. The first-order chi connectivity index (χ1) is 11.6. The molecule has 124 valence electrons. The summed E-state index contributed by atoms with van der Waals surface area (Å²) in [5.41, 5.74) is 4.78. The summed E-state index contributed by atoms with van der Waals surface area (Å²) in [5, 5.41) is 0. The van der Waals surface area contributed by atoms with Crippen LogP contribution in [0.5, 0.6) is 0 Å². The van der Waals surface area contributed by atoms with Gasteiger partial charge in [-0.15, -0.1) is 0 Å². The molecule has 1 N–H and O–H groups in total. The molecule has 0 spiro atoms. The molecule has 2 aromatic rings. The van der Waals surface area contributed by atoms with Crippen LogP contribution in [-0.2, 0) is 25.9 Å². The maximum absolute atomic E-state index is 13.1. The van der Waals surface area contributed by atoms with Gasteiger partial charge in [0.05, 0.1) is 23.4 Å². The van der Waals surface area contributed by atoms with Gasteiger partial charge in [-0.25, -0.2) is 9.97 Å². The molecule has 0 fully saturated rings. The largest absolute Gasteiger partial charge is 0.361 e. The summed E-state index contributed by atoms with van der Waals surface area (Å²) in [6, 6.07) is 0. The van der Waals surface area contributed by atoms with Crippen LogP contribution in [0.3, 0.4) is 0 Å². The fourth-order valence-electron chi connectivity index (χ4n) is 3.67. The quantitative estimate of drug-likeness (QED) is 0.919. The van der Waals surface area contributed by atoms with E-state index in [1.165, 1.54) is 0 Å². The van der Waals surface area contributed by atoms with Gasteiger partial charge in [0, 0.05) is 42.5 Å². The third-order valence-corrected chi connectivity index (χ3v) is 4.90.